The molecule has 1 aromatic rings. The molecule has 0 aliphatic rings. The van der Waals surface area contributed by atoms with Crippen molar-refractivity contribution in [1.29, 1.82) is 0 Å². The van der Waals surface area contributed by atoms with Crippen molar-refractivity contribution in [3.05, 3.63) is 18.0 Å². The highest BCUT2D eigenvalue weighted by Crippen LogP contribution is 2.28. The van der Waals surface area contributed by atoms with E-state index in [1.165, 1.54) is 0 Å². The largest absolute Gasteiger partial charge is 0.433 e. The van der Waals surface area contributed by atoms with Crippen LogP contribution in [0.1, 0.15) is 32.4 Å². The van der Waals surface area contributed by atoms with Gasteiger partial charge in [0.25, 0.3) is 0 Å². The Bertz CT molecular complexity index is 383. The van der Waals surface area contributed by atoms with E-state index in [4.69, 9.17) is 0 Å². The number of aromatic nitrogens is 2. The van der Waals surface area contributed by atoms with E-state index in [2.05, 4.69) is 15.3 Å². The van der Waals surface area contributed by atoms with Crippen molar-refractivity contribution in [2.45, 2.75) is 38.4 Å². The van der Waals surface area contributed by atoms with Crippen LogP contribution in [0.15, 0.2) is 12.3 Å². The maximum Gasteiger partial charge on any atom is 0.433 e. The predicted octanol–water partition coefficient (Wildman–Crippen LogP) is 2.46. The van der Waals surface area contributed by atoms with Gasteiger partial charge in [0.05, 0.1) is 12.1 Å². The van der Waals surface area contributed by atoms with E-state index < -0.39 is 17.4 Å². The first-order valence-corrected chi connectivity index (χ1v) is 5.66. The maximum atomic E-state index is 12.5. The molecule has 102 valence electrons. The van der Waals surface area contributed by atoms with Crippen molar-refractivity contribution in [2.75, 3.05) is 11.9 Å². The first-order valence-electron chi connectivity index (χ1n) is 5.66. The minimum atomic E-state index is -4.50. The number of alkyl halides is 3. The molecule has 0 bridgehead atoms. The van der Waals surface area contributed by atoms with Crippen LogP contribution in [0, 0.1) is 0 Å². The van der Waals surface area contributed by atoms with Crippen LogP contribution in [0.2, 0.25) is 0 Å². The van der Waals surface area contributed by atoms with Gasteiger partial charge in [0, 0.05) is 6.20 Å². The summed E-state index contributed by atoms with van der Waals surface area (Å²) in [6.07, 6.45) is -2.34. The Balaban J connectivity index is 2.98. The van der Waals surface area contributed by atoms with E-state index in [0.717, 1.165) is 12.3 Å². The highest BCUT2D eigenvalue weighted by atomic mass is 19.4. The standard InChI is InChI=1S/C11H16F3N3O/c1-3-10(4-2,7-18)17-9-15-6-5-8(16-9)11(12,13)14/h5-6,18H,3-4,7H2,1-2H3,(H,15,16,17). The van der Waals surface area contributed by atoms with Gasteiger partial charge in [-0.25, -0.2) is 9.97 Å². The van der Waals surface area contributed by atoms with E-state index in [9.17, 15) is 18.3 Å². The molecule has 7 heteroatoms. The summed E-state index contributed by atoms with van der Waals surface area (Å²) in [4.78, 5) is 7.16. The number of halogens is 3. The van der Waals surface area contributed by atoms with Crippen molar-refractivity contribution in [2.24, 2.45) is 0 Å². The molecule has 1 rings (SSSR count). The van der Waals surface area contributed by atoms with Crippen molar-refractivity contribution in [3.63, 3.8) is 0 Å². The van der Waals surface area contributed by atoms with Gasteiger partial charge in [0.2, 0.25) is 5.95 Å². The lowest BCUT2D eigenvalue weighted by molar-refractivity contribution is -0.141. The molecule has 0 spiro atoms. The van der Waals surface area contributed by atoms with Crippen LogP contribution in [0.5, 0.6) is 0 Å². The SMILES string of the molecule is CCC(CC)(CO)Nc1nccc(C(F)(F)F)n1. The molecular formula is C11H16F3N3O. The third-order valence-electron chi connectivity index (χ3n) is 2.98. The third kappa shape index (κ3) is 3.32. The number of aliphatic hydroxyl groups excluding tert-OH is 1. The number of hydrogen-bond acceptors (Lipinski definition) is 4. The second-order valence-electron chi connectivity index (χ2n) is 4.03. The lowest BCUT2D eigenvalue weighted by Gasteiger charge is -2.30. The Morgan fingerprint density at radius 2 is 1.89 bits per heavy atom. The zero-order chi connectivity index (χ0) is 13.8. The Morgan fingerprint density at radius 3 is 2.33 bits per heavy atom. The molecule has 4 nitrogen and oxygen atoms in total. The summed E-state index contributed by atoms with van der Waals surface area (Å²) in [6, 6.07) is 0.809. The first-order chi connectivity index (χ1) is 8.37. The number of hydrogen-bond donors (Lipinski definition) is 2. The summed E-state index contributed by atoms with van der Waals surface area (Å²) in [5.74, 6) is -0.123. The van der Waals surface area contributed by atoms with Crippen molar-refractivity contribution < 1.29 is 18.3 Å². The number of aliphatic hydroxyl groups is 1. The van der Waals surface area contributed by atoms with Gasteiger partial charge in [-0.2, -0.15) is 13.2 Å². The molecule has 0 saturated heterocycles. The second kappa shape index (κ2) is 5.51. The van der Waals surface area contributed by atoms with Crippen LogP contribution >= 0.6 is 0 Å². The molecule has 0 radical (unpaired) electrons. The molecule has 0 aliphatic carbocycles. The van der Waals surface area contributed by atoms with Crippen LogP contribution < -0.4 is 5.32 Å². The van der Waals surface area contributed by atoms with Crippen LogP contribution in [0.25, 0.3) is 0 Å². The molecule has 0 atom stereocenters. The Labute approximate surface area is 103 Å². The fourth-order valence-corrected chi connectivity index (χ4v) is 1.50. The normalized spacial score (nSPS) is 12.6. The minimum Gasteiger partial charge on any atom is -0.394 e. The maximum absolute atomic E-state index is 12.5. The summed E-state index contributed by atoms with van der Waals surface area (Å²) >= 11 is 0. The number of anilines is 1. The molecule has 0 aliphatic heterocycles. The molecule has 18 heavy (non-hydrogen) atoms. The highest BCUT2D eigenvalue weighted by molar-refractivity contribution is 5.30. The van der Waals surface area contributed by atoms with Gasteiger partial charge < -0.3 is 10.4 Å². The zero-order valence-corrected chi connectivity index (χ0v) is 10.3. The van der Waals surface area contributed by atoms with E-state index in [0.29, 0.717) is 12.8 Å². The van der Waals surface area contributed by atoms with Gasteiger partial charge in [0.1, 0.15) is 5.69 Å². The summed E-state index contributed by atoms with van der Waals surface area (Å²) in [7, 11) is 0. The average Bonchev–Trinajstić information content (AvgIpc) is 2.35. The fourth-order valence-electron chi connectivity index (χ4n) is 1.50. The number of rotatable bonds is 5. The quantitative estimate of drug-likeness (QED) is 0.856. The molecule has 0 saturated carbocycles. The predicted molar refractivity (Wildman–Crippen MR) is 61.1 cm³/mol. The van der Waals surface area contributed by atoms with Gasteiger partial charge in [-0.15, -0.1) is 0 Å². The Kier molecular flexibility index (Phi) is 4.50. The molecule has 1 heterocycles. The van der Waals surface area contributed by atoms with Crippen molar-refractivity contribution in [1.82, 2.24) is 9.97 Å². The summed E-state index contributed by atoms with van der Waals surface area (Å²) in [5.41, 5.74) is -1.69. The highest BCUT2D eigenvalue weighted by Gasteiger charge is 2.33. The van der Waals surface area contributed by atoms with Crippen LogP contribution in [0.4, 0.5) is 19.1 Å². The summed E-state index contributed by atoms with van der Waals surface area (Å²) in [6.45, 7) is 3.47. The third-order valence-corrected chi connectivity index (χ3v) is 2.98. The molecule has 2 N–H and O–H groups in total. The van der Waals surface area contributed by atoms with Crippen LogP contribution in [0.3, 0.4) is 0 Å². The zero-order valence-electron chi connectivity index (χ0n) is 10.3. The lowest BCUT2D eigenvalue weighted by Crippen LogP contribution is -2.41. The smallest absolute Gasteiger partial charge is 0.394 e. The molecular weight excluding hydrogens is 247 g/mol. The monoisotopic (exact) mass is 263 g/mol. The molecule has 0 aromatic carbocycles. The van der Waals surface area contributed by atoms with Gasteiger partial charge in [-0.1, -0.05) is 13.8 Å². The van der Waals surface area contributed by atoms with E-state index >= 15 is 0 Å². The van der Waals surface area contributed by atoms with E-state index in [1.807, 2.05) is 13.8 Å². The molecule has 0 unspecified atom stereocenters. The van der Waals surface area contributed by atoms with E-state index in [1.54, 1.807) is 0 Å². The lowest BCUT2D eigenvalue weighted by atomic mass is 9.94. The van der Waals surface area contributed by atoms with Crippen LogP contribution in [-0.2, 0) is 6.18 Å². The summed E-state index contributed by atoms with van der Waals surface area (Å²) in [5, 5.41) is 12.1. The average molecular weight is 263 g/mol. The fraction of sp³-hybridized carbons (Fsp3) is 0.636. The number of nitrogens with one attached hydrogen (secondary N) is 1. The first kappa shape index (κ1) is 14.7. The molecule has 0 fully saturated rings. The molecule has 0 amide bonds. The Morgan fingerprint density at radius 1 is 1.28 bits per heavy atom. The van der Waals surface area contributed by atoms with Gasteiger partial charge in [-0.05, 0) is 18.9 Å². The van der Waals surface area contributed by atoms with Crippen molar-refractivity contribution in [3.8, 4) is 0 Å². The minimum absolute atomic E-state index is 0.123. The molecule has 1 aromatic heterocycles. The van der Waals surface area contributed by atoms with Crippen LogP contribution in [-0.4, -0.2) is 27.2 Å². The number of nitrogens with zero attached hydrogens (tertiary/aromatic N) is 2. The van der Waals surface area contributed by atoms with E-state index in [-0.39, 0.29) is 12.6 Å². The summed E-state index contributed by atoms with van der Waals surface area (Å²) < 4.78 is 37.4. The Hall–Kier alpha value is -1.37. The second-order valence-corrected chi connectivity index (χ2v) is 4.03. The van der Waals surface area contributed by atoms with Gasteiger partial charge >= 0.3 is 6.18 Å². The van der Waals surface area contributed by atoms with Gasteiger partial charge in [-0.3, -0.25) is 0 Å². The van der Waals surface area contributed by atoms with Gasteiger partial charge in [0.15, 0.2) is 0 Å². The van der Waals surface area contributed by atoms with Crippen molar-refractivity contribution >= 4 is 5.95 Å². The topological polar surface area (TPSA) is 58.0 Å².